The van der Waals surface area contributed by atoms with Crippen LogP contribution in [0.4, 0.5) is 4.39 Å². The molecule has 8 heteroatoms. The van der Waals surface area contributed by atoms with Crippen molar-refractivity contribution in [3.63, 3.8) is 0 Å². The van der Waals surface area contributed by atoms with Crippen LogP contribution in [0.2, 0.25) is 0 Å². The summed E-state index contributed by atoms with van der Waals surface area (Å²) in [5.41, 5.74) is 1.98. The molecule has 7 nitrogen and oxygen atoms in total. The molecular weight excluding hydrogens is 427 g/mol. The second-order valence-electron chi connectivity index (χ2n) is 7.81. The number of aromatic nitrogens is 1. The van der Waals surface area contributed by atoms with Crippen LogP contribution >= 0.6 is 0 Å². The first-order chi connectivity index (χ1) is 15.6. The van der Waals surface area contributed by atoms with Crippen molar-refractivity contribution < 1.29 is 28.2 Å². The van der Waals surface area contributed by atoms with Crippen molar-refractivity contribution in [2.45, 2.75) is 47.1 Å². The second-order valence-corrected chi connectivity index (χ2v) is 7.81. The van der Waals surface area contributed by atoms with Gasteiger partial charge in [-0.2, -0.15) is 0 Å². The molecule has 1 atom stereocenters. The Hall–Kier alpha value is -3.00. The second kappa shape index (κ2) is 11.7. The molecule has 1 aromatic heterocycles. The van der Waals surface area contributed by atoms with E-state index in [1.807, 2.05) is 6.92 Å². The molecule has 33 heavy (non-hydrogen) atoms. The van der Waals surface area contributed by atoms with Crippen LogP contribution in [0.25, 0.3) is 0 Å². The number of carbonyl (C=O) groups is 3. The molecule has 0 radical (unpaired) electrons. The van der Waals surface area contributed by atoms with Crippen molar-refractivity contribution >= 4 is 17.7 Å². The summed E-state index contributed by atoms with van der Waals surface area (Å²) >= 11 is 0. The highest BCUT2D eigenvalue weighted by molar-refractivity contribution is 6.07. The van der Waals surface area contributed by atoms with E-state index in [-0.39, 0.29) is 24.5 Å². The molecular formula is C25H33FN2O5. The third kappa shape index (κ3) is 5.87. The summed E-state index contributed by atoms with van der Waals surface area (Å²) < 4.78 is 25.9. The van der Waals surface area contributed by atoms with Gasteiger partial charge in [0.25, 0.3) is 5.91 Å². The normalized spacial score (nSPS) is 11.8. The maximum Gasteiger partial charge on any atom is 0.355 e. The average molecular weight is 461 g/mol. The number of hydrogen-bond donors (Lipinski definition) is 0. The number of esters is 1. The minimum atomic E-state index is -0.836. The summed E-state index contributed by atoms with van der Waals surface area (Å²) in [4.78, 5) is 40.7. The molecule has 0 aliphatic heterocycles. The Morgan fingerprint density at radius 1 is 1.15 bits per heavy atom. The fourth-order valence-electron chi connectivity index (χ4n) is 3.92. The number of rotatable bonds is 11. The van der Waals surface area contributed by atoms with Crippen molar-refractivity contribution in [2.75, 3.05) is 26.4 Å². The minimum absolute atomic E-state index is 0.166. The highest BCUT2D eigenvalue weighted by atomic mass is 19.1. The van der Waals surface area contributed by atoms with Crippen LogP contribution in [0.15, 0.2) is 24.3 Å². The number of ether oxygens (including phenoxy) is 2. The van der Waals surface area contributed by atoms with Crippen LogP contribution in [0.1, 0.15) is 69.7 Å². The van der Waals surface area contributed by atoms with Gasteiger partial charge in [0.15, 0.2) is 5.78 Å². The number of Topliss-reactive ketones (excluding diaryl/α,β-unsaturated/α-hetero) is 1. The lowest BCUT2D eigenvalue weighted by Crippen LogP contribution is -2.44. The van der Waals surface area contributed by atoms with Gasteiger partial charge >= 0.3 is 5.97 Å². The molecule has 0 spiro atoms. The summed E-state index contributed by atoms with van der Waals surface area (Å²) in [6.45, 7) is 10.2. The van der Waals surface area contributed by atoms with Crippen molar-refractivity contribution in [1.29, 1.82) is 0 Å². The van der Waals surface area contributed by atoms with Crippen LogP contribution in [0, 0.1) is 19.7 Å². The molecule has 2 aromatic rings. The number of hydrogen-bond acceptors (Lipinski definition) is 5. The topological polar surface area (TPSA) is 77.8 Å². The fourth-order valence-corrected chi connectivity index (χ4v) is 3.92. The molecule has 0 aliphatic rings. The molecule has 1 unspecified atom stereocenters. The molecule has 1 aromatic carbocycles. The van der Waals surface area contributed by atoms with Gasteiger partial charge in [-0.25, -0.2) is 9.18 Å². The fraction of sp³-hybridized carbons (Fsp3) is 0.480. The van der Waals surface area contributed by atoms with Crippen LogP contribution in [-0.2, 0) is 16.5 Å². The standard InChI is InChI=1S/C25H33FN2O5/c1-7-32-14-10-13-28(24(30)19-11-9-12-20(26)15-19)18(5)23(29)21-16(3)22(25(31)33-8-2)27(6)17(21)4/h9,11-12,15,18H,7-8,10,13-14H2,1-6H3. The number of ketones is 1. The molecule has 0 bridgehead atoms. The number of benzene rings is 1. The van der Waals surface area contributed by atoms with Gasteiger partial charge in [0.2, 0.25) is 0 Å². The van der Waals surface area contributed by atoms with Gasteiger partial charge in [-0.1, -0.05) is 6.07 Å². The number of halogens is 1. The Labute approximate surface area is 194 Å². The van der Waals surface area contributed by atoms with Gasteiger partial charge in [0, 0.05) is 43.6 Å². The first-order valence-corrected chi connectivity index (χ1v) is 11.2. The lowest BCUT2D eigenvalue weighted by Gasteiger charge is -2.29. The molecule has 0 aliphatic carbocycles. The highest BCUT2D eigenvalue weighted by Gasteiger charge is 2.32. The molecule has 1 heterocycles. The van der Waals surface area contributed by atoms with Gasteiger partial charge in [0.1, 0.15) is 11.5 Å². The highest BCUT2D eigenvalue weighted by Crippen LogP contribution is 2.25. The molecule has 0 saturated heterocycles. The third-order valence-electron chi connectivity index (χ3n) is 5.72. The monoisotopic (exact) mass is 460 g/mol. The van der Waals surface area contributed by atoms with E-state index in [0.29, 0.717) is 42.1 Å². The van der Waals surface area contributed by atoms with Crippen molar-refractivity contribution in [1.82, 2.24) is 9.47 Å². The average Bonchev–Trinajstić information content (AvgIpc) is 3.00. The molecule has 0 saturated carbocycles. The Morgan fingerprint density at radius 3 is 2.45 bits per heavy atom. The molecule has 1 amide bonds. The minimum Gasteiger partial charge on any atom is -0.461 e. The van der Waals surface area contributed by atoms with Gasteiger partial charge < -0.3 is 18.9 Å². The summed E-state index contributed by atoms with van der Waals surface area (Å²) in [5.74, 6) is -1.76. The van der Waals surface area contributed by atoms with Gasteiger partial charge in [-0.15, -0.1) is 0 Å². The van der Waals surface area contributed by atoms with Crippen LogP contribution in [0.3, 0.4) is 0 Å². The first kappa shape index (κ1) is 26.3. The predicted octanol–water partition coefficient (Wildman–Crippen LogP) is 4.10. The zero-order chi connectivity index (χ0) is 24.7. The summed E-state index contributed by atoms with van der Waals surface area (Å²) in [7, 11) is 1.70. The van der Waals surface area contributed by atoms with Crippen LogP contribution < -0.4 is 0 Å². The number of nitrogens with zero attached hydrogens (tertiary/aromatic N) is 2. The largest absolute Gasteiger partial charge is 0.461 e. The maximum atomic E-state index is 13.8. The number of carbonyl (C=O) groups excluding carboxylic acids is 3. The van der Waals surface area contributed by atoms with Crippen molar-refractivity contribution in [2.24, 2.45) is 7.05 Å². The van der Waals surface area contributed by atoms with E-state index in [9.17, 15) is 18.8 Å². The SMILES string of the molecule is CCOCCCN(C(=O)c1cccc(F)c1)C(C)C(=O)c1c(C)c(C(=O)OCC)n(C)c1C. The zero-order valence-corrected chi connectivity index (χ0v) is 20.2. The van der Waals surface area contributed by atoms with Crippen LogP contribution in [0.5, 0.6) is 0 Å². The molecule has 2 rings (SSSR count). The van der Waals surface area contributed by atoms with E-state index in [0.717, 1.165) is 6.07 Å². The Kier molecular flexibility index (Phi) is 9.34. The lowest BCUT2D eigenvalue weighted by atomic mass is 9.99. The van der Waals surface area contributed by atoms with E-state index >= 15 is 0 Å². The summed E-state index contributed by atoms with van der Waals surface area (Å²) in [6.07, 6.45) is 0.521. The maximum absolute atomic E-state index is 13.8. The van der Waals surface area contributed by atoms with Gasteiger partial charge in [-0.3, -0.25) is 9.59 Å². The van der Waals surface area contributed by atoms with E-state index in [1.165, 1.54) is 23.1 Å². The van der Waals surface area contributed by atoms with E-state index in [4.69, 9.17) is 9.47 Å². The smallest absolute Gasteiger partial charge is 0.355 e. The Morgan fingerprint density at radius 2 is 1.85 bits per heavy atom. The van der Waals surface area contributed by atoms with Crippen molar-refractivity contribution in [3.8, 4) is 0 Å². The van der Waals surface area contributed by atoms with E-state index in [2.05, 4.69) is 0 Å². The third-order valence-corrected chi connectivity index (χ3v) is 5.72. The van der Waals surface area contributed by atoms with Gasteiger partial charge in [0.05, 0.1) is 12.6 Å². The molecule has 0 N–H and O–H groups in total. The van der Waals surface area contributed by atoms with E-state index < -0.39 is 23.7 Å². The first-order valence-electron chi connectivity index (χ1n) is 11.2. The molecule has 0 fully saturated rings. The van der Waals surface area contributed by atoms with Crippen molar-refractivity contribution in [3.05, 3.63) is 58.2 Å². The molecule has 180 valence electrons. The lowest BCUT2D eigenvalue weighted by molar-refractivity contribution is 0.0513. The Balaban J connectivity index is 2.42. The zero-order valence-electron chi connectivity index (χ0n) is 20.2. The number of amides is 1. The summed E-state index contributed by atoms with van der Waals surface area (Å²) in [6, 6.07) is 4.57. The Bertz CT molecular complexity index is 1010. The quantitative estimate of drug-likeness (QED) is 0.287. The van der Waals surface area contributed by atoms with Gasteiger partial charge in [-0.05, 0) is 64.8 Å². The predicted molar refractivity (Wildman–Crippen MR) is 123 cm³/mol. The van der Waals surface area contributed by atoms with Crippen LogP contribution in [-0.4, -0.2) is 59.5 Å². The summed E-state index contributed by atoms with van der Waals surface area (Å²) in [5, 5.41) is 0. The van der Waals surface area contributed by atoms with E-state index in [1.54, 1.807) is 39.3 Å².